The summed E-state index contributed by atoms with van der Waals surface area (Å²) in [6.45, 7) is 9.19. The average Bonchev–Trinajstić information content (AvgIpc) is 2.74. The SMILES string of the molecule is CC(C)(C)OC(=O)N1CCC2(CC1)CCN(c1cccc(C3CCC(=O)NC3=O)c1)CC2. The lowest BCUT2D eigenvalue weighted by atomic mass is 9.71. The lowest BCUT2D eigenvalue weighted by Crippen LogP contribution is -2.49. The second-order valence-corrected chi connectivity index (χ2v) is 10.6. The molecule has 1 spiro atoms. The summed E-state index contributed by atoms with van der Waals surface area (Å²) in [6.07, 6.45) is 5.04. The Balaban J connectivity index is 1.33. The van der Waals surface area contributed by atoms with Crippen molar-refractivity contribution in [2.45, 2.75) is 70.8 Å². The highest BCUT2D eigenvalue weighted by molar-refractivity contribution is 6.01. The van der Waals surface area contributed by atoms with Gasteiger partial charge < -0.3 is 14.5 Å². The molecule has 4 rings (SSSR count). The van der Waals surface area contributed by atoms with E-state index in [9.17, 15) is 14.4 Å². The largest absolute Gasteiger partial charge is 0.444 e. The predicted molar refractivity (Wildman–Crippen MR) is 122 cm³/mol. The van der Waals surface area contributed by atoms with Crippen molar-refractivity contribution in [3.8, 4) is 0 Å². The van der Waals surface area contributed by atoms with Gasteiger partial charge in [-0.3, -0.25) is 14.9 Å². The number of nitrogens with one attached hydrogen (secondary N) is 1. The molecular formula is C25H35N3O4. The van der Waals surface area contributed by atoms with Crippen LogP contribution in [0.15, 0.2) is 24.3 Å². The van der Waals surface area contributed by atoms with Gasteiger partial charge in [-0.25, -0.2) is 4.79 Å². The Hall–Kier alpha value is -2.57. The second-order valence-electron chi connectivity index (χ2n) is 10.6. The van der Waals surface area contributed by atoms with Crippen LogP contribution in [0.4, 0.5) is 10.5 Å². The number of likely N-dealkylation sites (tertiary alicyclic amines) is 1. The molecule has 3 fully saturated rings. The van der Waals surface area contributed by atoms with Gasteiger partial charge in [-0.2, -0.15) is 0 Å². The van der Waals surface area contributed by atoms with Gasteiger partial charge in [0.2, 0.25) is 11.8 Å². The number of carbonyl (C=O) groups is 3. The maximum Gasteiger partial charge on any atom is 0.410 e. The number of anilines is 1. The van der Waals surface area contributed by atoms with Crippen molar-refractivity contribution in [3.05, 3.63) is 29.8 Å². The highest BCUT2D eigenvalue weighted by atomic mass is 16.6. The Morgan fingerprint density at radius 3 is 2.34 bits per heavy atom. The molecule has 7 nitrogen and oxygen atoms in total. The summed E-state index contributed by atoms with van der Waals surface area (Å²) >= 11 is 0. The molecule has 3 amide bonds. The van der Waals surface area contributed by atoms with Gasteiger partial charge in [0.1, 0.15) is 5.60 Å². The fourth-order valence-corrected chi connectivity index (χ4v) is 5.18. The Bertz CT molecular complexity index is 873. The Labute approximate surface area is 190 Å². The molecule has 1 N–H and O–H groups in total. The van der Waals surface area contributed by atoms with Crippen molar-refractivity contribution in [1.29, 1.82) is 0 Å². The number of piperidine rings is 3. The minimum Gasteiger partial charge on any atom is -0.444 e. The first-order chi connectivity index (χ1) is 15.1. The molecule has 1 atom stereocenters. The summed E-state index contributed by atoms with van der Waals surface area (Å²) in [7, 11) is 0. The van der Waals surface area contributed by atoms with Crippen LogP contribution in [0.1, 0.15) is 70.8 Å². The first-order valence-corrected chi connectivity index (χ1v) is 11.8. The Morgan fingerprint density at radius 1 is 1.06 bits per heavy atom. The zero-order valence-corrected chi connectivity index (χ0v) is 19.5. The monoisotopic (exact) mass is 441 g/mol. The van der Waals surface area contributed by atoms with Gasteiger partial charge in [0.15, 0.2) is 0 Å². The van der Waals surface area contributed by atoms with Crippen molar-refractivity contribution in [2.24, 2.45) is 5.41 Å². The molecule has 0 bridgehead atoms. The van der Waals surface area contributed by atoms with E-state index in [0.717, 1.165) is 63.1 Å². The van der Waals surface area contributed by atoms with Crippen LogP contribution in [-0.4, -0.2) is 54.6 Å². The lowest BCUT2D eigenvalue weighted by Gasteiger charge is -2.47. The zero-order chi connectivity index (χ0) is 22.9. The van der Waals surface area contributed by atoms with Crippen molar-refractivity contribution < 1.29 is 19.1 Å². The fraction of sp³-hybridized carbons (Fsp3) is 0.640. The van der Waals surface area contributed by atoms with E-state index in [4.69, 9.17) is 4.74 Å². The molecule has 0 radical (unpaired) electrons. The quantitative estimate of drug-likeness (QED) is 0.706. The third-order valence-electron chi connectivity index (χ3n) is 7.18. The van der Waals surface area contributed by atoms with Gasteiger partial charge in [-0.15, -0.1) is 0 Å². The molecule has 3 saturated heterocycles. The van der Waals surface area contributed by atoms with Crippen molar-refractivity contribution in [3.63, 3.8) is 0 Å². The summed E-state index contributed by atoms with van der Waals surface area (Å²) in [4.78, 5) is 40.4. The lowest BCUT2D eigenvalue weighted by molar-refractivity contribution is -0.134. The van der Waals surface area contributed by atoms with E-state index in [1.807, 2.05) is 37.8 Å². The molecule has 3 heterocycles. The van der Waals surface area contributed by atoms with Crippen molar-refractivity contribution in [1.82, 2.24) is 10.2 Å². The van der Waals surface area contributed by atoms with Crippen LogP contribution in [0.3, 0.4) is 0 Å². The minimum absolute atomic E-state index is 0.179. The molecule has 1 unspecified atom stereocenters. The van der Waals surface area contributed by atoms with E-state index in [1.54, 1.807) is 0 Å². The Morgan fingerprint density at radius 2 is 1.72 bits per heavy atom. The molecular weight excluding hydrogens is 406 g/mol. The number of ether oxygens (including phenoxy) is 1. The number of benzene rings is 1. The van der Waals surface area contributed by atoms with Gasteiger partial charge in [-0.05, 0) is 76.0 Å². The van der Waals surface area contributed by atoms with E-state index in [2.05, 4.69) is 22.3 Å². The normalized spacial score (nSPS) is 23.8. The maximum absolute atomic E-state index is 12.4. The summed E-state index contributed by atoms with van der Waals surface area (Å²) in [5.74, 6) is -0.616. The van der Waals surface area contributed by atoms with Crippen LogP contribution in [0.5, 0.6) is 0 Å². The zero-order valence-electron chi connectivity index (χ0n) is 19.5. The third-order valence-corrected chi connectivity index (χ3v) is 7.18. The van der Waals surface area contributed by atoms with Crippen LogP contribution in [0.2, 0.25) is 0 Å². The van der Waals surface area contributed by atoms with Crippen LogP contribution in [0, 0.1) is 5.41 Å². The molecule has 174 valence electrons. The Kier molecular flexibility index (Phi) is 6.19. The first kappa shape index (κ1) is 22.6. The summed E-state index contributed by atoms with van der Waals surface area (Å²) in [5.41, 5.74) is 1.97. The first-order valence-electron chi connectivity index (χ1n) is 11.8. The predicted octanol–water partition coefficient (Wildman–Crippen LogP) is 3.82. The fourth-order valence-electron chi connectivity index (χ4n) is 5.18. The van der Waals surface area contributed by atoms with Crippen molar-refractivity contribution >= 4 is 23.6 Å². The summed E-state index contributed by atoms with van der Waals surface area (Å²) < 4.78 is 5.53. The maximum atomic E-state index is 12.4. The number of hydrogen-bond donors (Lipinski definition) is 1. The van der Waals surface area contributed by atoms with Crippen LogP contribution in [0.25, 0.3) is 0 Å². The summed E-state index contributed by atoms with van der Waals surface area (Å²) in [6, 6.07) is 8.22. The van der Waals surface area contributed by atoms with E-state index < -0.39 is 5.60 Å². The molecule has 3 aliphatic rings. The third kappa shape index (κ3) is 5.08. The van der Waals surface area contributed by atoms with Gasteiger partial charge >= 0.3 is 6.09 Å². The molecule has 3 aliphatic heterocycles. The van der Waals surface area contributed by atoms with E-state index in [0.29, 0.717) is 18.3 Å². The molecule has 7 heteroatoms. The molecule has 1 aromatic carbocycles. The number of imide groups is 1. The van der Waals surface area contributed by atoms with Gasteiger partial charge in [0.25, 0.3) is 0 Å². The van der Waals surface area contributed by atoms with Crippen LogP contribution < -0.4 is 10.2 Å². The number of hydrogen-bond acceptors (Lipinski definition) is 5. The number of rotatable bonds is 2. The smallest absolute Gasteiger partial charge is 0.410 e. The standard InChI is InChI=1S/C25H35N3O4/c1-24(2,3)32-23(31)28-15-11-25(12-16-28)9-13-27(14-10-25)19-6-4-5-18(17-19)20-7-8-21(29)26-22(20)30/h4-6,17,20H,7-16H2,1-3H3,(H,26,29,30). The number of amides is 3. The van der Waals surface area contributed by atoms with Crippen LogP contribution >= 0.6 is 0 Å². The summed E-state index contributed by atoms with van der Waals surface area (Å²) in [5, 5.41) is 2.46. The highest BCUT2D eigenvalue weighted by Crippen LogP contribution is 2.42. The van der Waals surface area contributed by atoms with Crippen LogP contribution in [-0.2, 0) is 14.3 Å². The molecule has 1 aromatic rings. The minimum atomic E-state index is -0.458. The topological polar surface area (TPSA) is 79.0 Å². The number of carbonyl (C=O) groups excluding carboxylic acids is 3. The molecule has 0 aromatic heterocycles. The molecule has 32 heavy (non-hydrogen) atoms. The van der Waals surface area contributed by atoms with E-state index in [1.165, 1.54) is 0 Å². The molecule has 0 aliphatic carbocycles. The average molecular weight is 442 g/mol. The second kappa shape index (κ2) is 8.75. The van der Waals surface area contributed by atoms with E-state index >= 15 is 0 Å². The molecule has 0 saturated carbocycles. The number of nitrogens with zero attached hydrogens (tertiary/aromatic N) is 2. The van der Waals surface area contributed by atoms with Crippen molar-refractivity contribution in [2.75, 3.05) is 31.1 Å². The van der Waals surface area contributed by atoms with E-state index in [-0.39, 0.29) is 23.8 Å². The van der Waals surface area contributed by atoms with Gasteiger partial charge in [0, 0.05) is 38.3 Å². The highest BCUT2D eigenvalue weighted by Gasteiger charge is 2.39. The van der Waals surface area contributed by atoms with Gasteiger partial charge in [0.05, 0.1) is 5.92 Å². The van der Waals surface area contributed by atoms with Gasteiger partial charge in [-0.1, -0.05) is 12.1 Å².